The summed E-state index contributed by atoms with van der Waals surface area (Å²) in [4.78, 5) is 0. The van der Waals surface area contributed by atoms with Gasteiger partial charge in [-0.3, -0.25) is 0 Å². The average molecular weight is 207 g/mol. The molecule has 0 aliphatic rings. The molecule has 0 spiro atoms. The standard InChI is InChI=1S/C12H15OS/c1-4-12(2,13)11-7-5-10(6-8-11)9-14-3/h1,4-8,13H,9H2,2-3H3. The Balaban J connectivity index is 2.88. The van der Waals surface area contributed by atoms with Crippen molar-refractivity contribution in [1.29, 1.82) is 0 Å². The van der Waals surface area contributed by atoms with Crippen LogP contribution >= 0.6 is 11.8 Å². The molecule has 1 rings (SSSR count). The Labute approximate surface area is 89.8 Å². The molecule has 1 N–H and O–H groups in total. The van der Waals surface area contributed by atoms with Crippen molar-refractivity contribution in [2.45, 2.75) is 18.3 Å². The molecule has 1 atom stereocenters. The van der Waals surface area contributed by atoms with Crippen LogP contribution in [0.4, 0.5) is 0 Å². The van der Waals surface area contributed by atoms with Gasteiger partial charge in [-0.1, -0.05) is 30.8 Å². The van der Waals surface area contributed by atoms with Gasteiger partial charge in [0.25, 0.3) is 0 Å². The zero-order chi connectivity index (χ0) is 10.6. The van der Waals surface area contributed by atoms with Gasteiger partial charge >= 0.3 is 0 Å². The third-order valence-electron chi connectivity index (χ3n) is 2.17. The van der Waals surface area contributed by atoms with Crippen molar-refractivity contribution in [3.8, 4) is 0 Å². The Morgan fingerprint density at radius 3 is 2.43 bits per heavy atom. The first kappa shape index (κ1) is 11.3. The summed E-state index contributed by atoms with van der Waals surface area (Å²) in [5.74, 6) is 0.995. The van der Waals surface area contributed by atoms with Crippen molar-refractivity contribution in [3.05, 3.63) is 48.0 Å². The van der Waals surface area contributed by atoms with Crippen molar-refractivity contribution >= 4 is 11.8 Å². The predicted octanol–water partition coefficient (Wildman–Crippen LogP) is 2.75. The average Bonchev–Trinajstić information content (AvgIpc) is 2.19. The molecule has 2 heteroatoms. The van der Waals surface area contributed by atoms with Crippen LogP contribution in [0.15, 0.2) is 30.3 Å². The molecular formula is C12H15OS. The van der Waals surface area contributed by atoms with E-state index >= 15 is 0 Å². The Morgan fingerprint density at radius 2 is 2.00 bits per heavy atom. The smallest absolute Gasteiger partial charge is 0.105 e. The Morgan fingerprint density at radius 1 is 1.43 bits per heavy atom. The van der Waals surface area contributed by atoms with E-state index in [9.17, 15) is 5.11 Å². The number of aliphatic hydroxyl groups is 1. The molecule has 0 saturated heterocycles. The first-order valence-corrected chi connectivity index (χ1v) is 5.86. The number of thioether (sulfide) groups is 1. The molecular weight excluding hydrogens is 192 g/mol. The van der Waals surface area contributed by atoms with Gasteiger partial charge in [-0.15, -0.1) is 0 Å². The summed E-state index contributed by atoms with van der Waals surface area (Å²) in [6, 6.07) is 7.86. The van der Waals surface area contributed by atoms with E-state index in [4.69, 9.17) is 6.58 Å². The van der Waals surface area contributed by atoms with Crippen LogP contribution in [0.1, 0.15) is 18.1 Å². The largest absolute Gasteiger partial charge is 0.381 e. The Hall–Kier alpha value is -0.730. The second-order valence-electron chi connectivity index (χ2n) is 3.44. The molecule has 14 heavy (non-hydrogen) atoms. The number of rotatable bonds is 4. The van der Waals surface area contributed by atoms with E-state index < -0.39 is 5.60 Å². The Kier molecular flexibility index (Phi) is 3.78. The molecule has 0 heterocycles. The summed E-state index contributed by atoms with van der Waals surface area (Å²) in [7, 11) is 0. The molecule has 0 aliphatic carbocycles. The SMILES string of the molecule is [CH]=CC(C)(O)c1ccc(CSC)cc1. The molecule has 75 valence electrons. The highest BCUT2D eigenvalue weighted by molar-refractivity contribution is 7.97. The predicted molar refractivity (Wildman–Crippen MR) is 62.1 cm³/mol. The normalized spacial score (nSPS) is 14.8. The van der Waals surface area contributed by atoms with E-state index in [0.717, 1.165) is 11.3 Å². The molecule has 1 unspecified atom stereocenters. The van der Waals surface area contributed by atoms with Crippen LogP contribution in [0.5, 0.6) is 0 Å². The molecule has 0 amide bonds. The van der Waals surface area contributed by atoms with E-state index in [0.29, 0.717) is 0 Å². The molecule has 0 aromatic heterocycles. The van der Waals surface area contributed by atoms with Gasteiger partial charge in [-0.2, -0.15) is 11.8 Å². The Bertz CT molecular complexity index is 301. The fraction of sp³-hybridized carbons (Fsp3) is 0.333. The second-order valence-corrected chi connectivity index (χ2v) is 4.31. The van der Waals surface area contributed by atoms with Gasteiger partial charge in [0.15, 0.2) is 0 Å². The van der Waals surface area contributed by atoms with Gasteiger partial charge in [0, 0.05) is 5.75 Å². The maximum atomic E-state index is 9.83. The van der Waals surface area contributed by atoms with Crippen molar-refractivity contribution in [1.82, 2.24) is 0 Å². The van der Waals surface area contributed by atoms with E-state index in [2.05, 4.69) is 6.26 Å². The van der Waals surface area contributed by atoms with Crippen molar-refractivity contribution in [3.63, 3.8) is 0 Å². The zero-order valence-electron chi connectivity index (χ0n) is 8.53. The molecule has 1 aromatic rings. The van der Waals surface area contributed by atoms with Crippen LogP contribution < -0.4 is 0 Å². The van der Waals surface area contributed by atoms with Crippen molar-refractivity contribution in [2.75, 3.05) is 6.26 Å². The van der Waals surface area contributed by atoms with Crippen LogP contribution in [0.25, 0.3) is 0 Å². The fourth-order valence-electron chi connectivity index (χ4n) is 1.20. The van der Waals surface area contributed by atoms with E-state index in [1.165, 1.54) is 11.6 Å². The third kappa shape index (κ3) is 2.63. The lowest BCUT2D eigenvalue weighted by Gasteiger charge is -2.18. The number of hydrogen-bond acceptors (Lipinski definition) is 2. The van der Waals surface area contributed by atoms with Gasteiger partial charge in [0.05, 0.1) is 0 Å². The van der Waals surface area contributed by atoms with Crippen LogP contribution in [-0.2, 0) is 11.4 Å². The van der Waals surface area contributed by atoms with Crippen LogP contribution in [0.2, 0.25) is 0 Å². The highest BCUT2D eigenvalue weighted by Gasteiger charge is 2.17. The molecule has 0 aliphatic heterocycles. The molecule has 0 bridgehead atoms. The summed E-state index contributed by atoms with van der Waals surface area (Å²) in [5.41, 5.74) is 1.05. The highest BCUT2D eigenvalue weighted by atomic mass is 32.2. The van der Waals surface area contributed by atoms with Crippen molar-refractivity contribution < 1.29 is 5.11 Å². The van der Waals surface area contributed by atoms with E-state index in [1.54, 1.807) is 18.7 Å². The molecule has 1 aromatic carbocycles. The summed E-state index contributed by atoms with van der Waals surface area (Å²) in [6.07, 6.45) is 3.37. The molecule has 0 saturated carbocycles. The summed E-state index contributed by atoms with van der Waals surface area (Å²) in [5, 5.41) is 9.83. The summed E-state index contributed by atoms with van der Waals surface area (Å²) in [6.45, 7) is 7.03. The van der Waals surface area contributed by atoms with Crippen molar-refractivity contribution in [2.24, 2.45) is 0 Å². The first-order chi connectivity index (χ1) is 6.60. The van der Waals surface area contributed by atoms with Crippen LogP contribution in [0, 0.1) is 6.58 Å². The van der Waals surface area contributed by atoms with Gasteiger partial charge in [-0.05, 0) is 30.4 Å². The summed E-state index contributed by atoms with van der Waals surface area (Å²) < 4.78 is 0. The minimum atomic E-state index is -1.03. The minimum absolute atomic E-state index is 0.824. The molecule has 1 radical (unpaired) electrons. The maximum Gasteiger partial charge on any atom is 0.105 e. The highest BCUT2D eigenvalue weighted by Crippen LogP contribution is 2.22. The van der Waals surface area contributed by atoms with Gasteiger partial charge < -0.3 is 5.11 Å². The molecule has 0 fully saturated rings. The minimum Gasteiger partial charge on any atom is -0.381 e. The first-order valence-electron chi connectivity index (χ1n) is 4.47. The maximum absolute atomic E-state index is 9.83. The summed E-state index contributed by atoms with van der Waals surface area (Å²) >= 11 is 1.78. The molecule has 1 nitrogen and oxygen atoms in total. The van der Waals surface area contributed by atoms with Gasteiger partial charge in [0.1, 0.15) is 5.60 Å². The lowest BCUT2D eigenvalue weighted by atomic mass is 9.96. The topological polar surface area (TPSA) is 20.2 Å². The monoisotopic (exact) mass is 207 g/mol. The second kappa shape index (κ2) is 4.67. The lowest BCUT2D eigenvalue weighted by molar-refractivity contribution is 0.111. The van der Waals surface area contributed by atoms with Crippen LogP contribution in [-0.4, -0.2) is 11.4 Å². The van der Waals surface area contributed by atoms with Gasteiger partial charge in [-0.25, -0.2) is 0 Å². The number of benzene rings is 1. The fourth-order valence-corrected chi connectivity index (χ4v) is 1.73. The lowest BCUT2D eigenvalue weighted by Crippen LogP contribution is -2.16. The van der Waals surface area contributed by atoms with Crippen LogP contribution in [0.3, 0.4) is 0 Å². The van der Waals surface area contributed by atoms with E-state index in [1.807, 2.05) is 24.3 Å². The van der Waals surface area contributed by atoms with E-state index in [-0.39, 0.29) is 0 Å². The van der Waals surface area contributed by atoms with Gasteiger partial charge in [0.2, 0.25) is 0 Å². The zero-order valence-corrected chi connectivity index (χ0v) is 9.34. The quantitative estimate of drug-likeness (QED) is 0.819. The number of hydrogen-bond donors (Lipinski definition) is 1. The third-order valence-corrected chi connectivity index (χ3v) is 2.80.